The van der Waals surface area contributed by atoms with Crippen LogP contribution in [-0.4, -0.2) is 50.4 Å². The van der Waals surface area contributed by atoms with Crippen molar-refractivity contribution in [2.75, 3.05) is 11.9 Å². The lowest BCUT2D eigenvalue weighted by Gasteiger charge is -2.23. The molecule has 2 aliphatic rings. The minimum Gasteiger partial charge on any atom is -0.487 e. The predicted molar refractivity (Wildman–Crippen MR) is 135 cm³/mol. The molecule has 0 unspecified atom stereocenters. The number of alkyl halides is 2. The molecular weight excluding hydrogens is 494 g/mol. The summed E-state index contributed by atoms with van der Waals surface area (Å²) in [6, 6.07) is 10.1. The average Bonchev–Trinajstić information content (AvgIpc) is 3.66. The van der Waals surface area contributed by atoms with Crippen molar-refractivity contribution in [1.29, 1.82) is 0 Å². The average molecular weight is 525 g/mol. The monoisotopic (exact) mass is 524 g/mol. The molecule has 1 aliphatic heterocycles. The zero-order valence-corrected chi connectivity index (χ0v) is 21.1. The van der Waals surface area contributed by atoms with Gasteiger partial charge in [0.15, 0.2) is 12.3 Å². The van der Waals surface area contributed by atoms with Gasteiger partial charge in [0.1, 0.15) is 17.1 Å². The first-order valence-electron chi connectivity index (χ1n) is 12.8. The highest BCUT2D eigenvalue weighted by atomic mass is 19.3. The number of rotatable bonds is 11. The van der Waals surface area contributed by atoms with Gasteiger partial charge in [-0.3, -0.25) is 9.59 Å². The molecule has 3 heterocycles. The molecule has 0 radical (unpaired) electrons. The van der Waals surface area contributed by atoms with Gasteiger partial charge in [0, 0.05) is 32.1 Å². The smallest absolute Gasteiger partial charge is 0.278 e. The number of ether oxygens (including phenoxy) is 1. The number of aromatic nitrogens is 4. The second-order valence-electron chi connectivity index (χ2n) is 10.1. The first-order chi connectivity index (χ1) is 18.2. The number of nitrogens with one attached hydrogen (secondary N) is 2. The second-order valence-corrected chi connectivity index (χ2v) is 10.1. The first-order valence-corrected chi connectivity index (χ1v) is 12.8. The molecule has 0 bridgehead atoms. The first kappa shape index (κ1) is 25.7. The van der Waals surface area contributed by atoms with Crippen molar-refractivity contribution in [1.82, 2.24) is 25.3 Å². The van der Waals surface area contributed by atoms with Crippen LogP contribution >= 0.6 is 0 Å². The third-order valence-electron chi connectivity index (χ3n) is 6.68. The Bertz CT molecular complexity index is 1300. The van der Waals surface area contributed by atoms with Crippen molar-refractivity contribution >= 4 is 17.6 Å². The van der Waals surface area contributed by atoms with E-state index in [1.807, 2.05) is 6.07 Å². The van der Waals surface area contributed by atoms with Gasteiger partial charge in [-0.1, -0.05) is 25.0 Å². The quantitative estimate of drug-likeness (QED) is 0.392. The van der Waals surface area contributed by atoms with E-state index < -0.39 is 18.4 Å². The van der Waals surface area contributed by atoms with Gasteiger partial charge in [-0.2, -0.15) is 10.2 Å². The molecule has 1 aliphatic carbocycles. The Hall–Kier alpha value is -3.89. The van der Waals surface area contributed by atoms with Crippen LogP contribution in [-0.2, 0) is 19.4 Å². The SMILES string of the molecule is CC(F)(F)COc1cccc(CC[C@H]2Cc3nn(CCC4CC4)c(NC(=O)c4cccnn4)c3C(=O)N2)c1. The Labute approximate surface area is 219 Å². The predicted octanol–water partition coefficient (Wildman–Crippen LogP) is 4.05. The van der Waals surface area contributed by atoms with E-state index in [-0.39, 0.29) is 17.6 Å². The molecule has 3 aromatic rings. The van der Waals surface area contributed by atoms with E-state index in [9.17, 15) is 18.4 Å². The third-order valence-corrected chi connectivity index (χ3v) is 6.68. The molecule has 200 valence electrons. The molecule has 9 nitrogen and oxygen atoms in total. The van der Waals surface area contributed by atoms with E-state index in [4.69, 9.17) is 9.84 Å². The van der Waals surface area contributed by atoms with Crippen LogP contribution in [0.5, 0.6) is 5.75 Å². The molecule has 11 heteroatoms. The molecule has 0 saturated heterocycles. The van der Waals surface area contributed by atoms with Gasteiger partial charge in [0.25, 0.3) is 17.7 Å². The van der Waals surface area contributed by atoms with Crippen LogP contribution in [0.1, 0.15) is 64.7 Å². The van der Waals surface area contributed by atoms with Crippen LogP contribution in [0.4, 0.5) is 14.6 Å². The number of nitrogens with zero attached hydrogens (tertiary/aromatic N) is 4. The minimum atomic E-state index is -2.91. The molecule has 1 saturated carbocycles. The number of amides is 2. The van der Waals surface area contributed by atoms with E-state index in [1.54, 1.807) is 35.0 Å². The topological polar surface area (TPSA) is 111 Å². The zero-order valence-electron chi connectivity index (χ0n) is 21.1. The Morgan fingerprint density at radius 2 is 2.08 bits per heavy atom. The summed E-state index contributed by atoms with van der Waals surface area (Å²) in [4.78, 5) is 26.0. The number of benzene rings is 1. The summed E-state index contributed by atoms with van der Waals surface area (Å²) in [6.45, 7) is 0.739. The van der Waals surface area contributed by atoms with Crippen molar-refractivity contribution in [3.05, 3.63) is 65.1 Å². The molecule has 38 heavy (non-hydrogen) atoms. The number of halogens is 2. The Kier molecular flexibility index (Phi) is 7.35. The van der Waals surface area contributed by atoms with Crippen LogP contribution < -0.4 is 15.4 Å². The van der Waals surface area contributed by atoms with Crippen molar-refractivity contribution in [3.8, 4) is 5.75 Å². The molecule has 1 fully saturated rings. The minimum absolute atomic E-state index is 0.152. The summed E-state index contributed by atoms with van der Waals surface area (Å²) in [7, 11) is 0. The molecule has 2 N–H and O–H groups in total. The summed E-state index contributed by atoms with van der Waals surface area (Å²) in [5.41, 5.74) is 2.10. The van der Waals surface area contributed by atoms with E-state index in [2.05, 4.69) is 20.8 Å². The maximum absolute atomic E-state index is 13.2. The third kappa shape index (κ3) is 6.51. The van der Waals surface area contributed by atoms with Gasteiger partial charge < -0.3 is 15.4 Å². The van der Waals surface area contributed by atoms with E-state index in [1.165, 1.54) is 19.0 Å². The lowest BCUT2D eigenvalue weighted by molar-refractivity contribution is -0.0229. The molecule has 1 atom stereocenters. The maximum Gasteiger partial charge on any atom is 0.278 e. The summed E-state index contributed by atoms with van der Waals surface area (Å²) < 4.78 is 33.2. The van der Waals surface area contributed by atoms with Crippen LogP contribution in [0.25, 0.3) is 0 Å². The fourth-order valence-corrected chi connectivity index (χ4v) is 4.55. The fourth-order valence-electron chi connectivity index (χ4n) is 4.55. The largest absolute Gasteiger partial charge is 0.487 e. The maximum atomic E-state index is 13.2. The van der Waals surface area contributed by atoms with E-state index in [0.29, 0.717) is 54.5 Å². The molecule has 0 spiro atoms. The fraction of sp³-hybridized carbons (Fsp3) is 0.444. The molecule has 5 rings (SSSR count). The van der Waals surface area contributed by atoms with Crippen molar-refractivity contribution in [2.45, 2.75) is 64.0 Å². The Morgan fingerprint density at radius 1 is 1.24 bits per heavy atom. The summed E-state index contributed by atoms with van der Waals surface area (Å²) in [5.74, 6) is -2.22. The molecule has 1 aromatic carbocycles. The molecule has 2 amide bonds. The van der Waals surface area contributed by atoms with Crippen LogP contribution in [0.3, 0.4) is 0 Å². The van der Waals surface area contributed by atoms with Crippen LogP contribution in [0.15, 0.2) is 42.6 Å². The summed E-state index contributed by atoms with van der Waals surface area (Å²) in [6.07, 6.45) is 6.58. The number of carbonyl (C=O) groups excluding carboxylic acids is 2. The van der Waals surface area contributed by atoms with Crippen LogP contribution in [0.2, 0.25) is 0 Å². The van der Waals surface area contributed by atoms with Crippen molar-refractivity contribution < 1.29 is 23.1 Å². The van der Waals surface area contributed by atoms with Gasteiger partial charge in [-0.25, -0.2) is 13.5 Å². The summed E-state index contributed by atoms with van der Waals surface area (Å²) >= 11 is 0. The lowest BCUT2D eigenvalue weighted by Crippen LogP contribution is -2.41. The summed E-state index contributed by atoms with van der Waals surface area (Å²) in [5, 5.41) is 18.2. The van der Waals surface area contributed by atoms with Crippen LogP contribution in [0, 0.1) is 5.92 Å². The number of fused-ring (bicyclic) bond motifs is 1. The molecule has 2 aromatic heterocycles. The van der Waals surface area contributed by atoms with Gasteiger partial charge >= 0.3 is 0 Å². The highest BCUT2D eigenvalue weighted by Crippen LogP contribution is 2.34. The Balaban J connectivity index is 1.28. The van der Waals surface area contributed by atoms with Crippen molar-refractivity contribution in [3.63, 3.8) is 0 Å². The zero-order chi connectivity index (χ0) is 26.7. The highest BCUT2D eigenvalue weighted by molar-refractivity contribution is 6.08. The number of aryl methyl sites for hydroxylation is 2. The number of carbonyl (C=O) groups is 2. The standard InChI is InChI=1S/C27H30F2N6O3/c1-27(28,29)16-38-20-5-2-4-18(14-20)9-10-19-15-22-23(26(37)31-19)24(35(34-22)13-11-17-7-8-17)32-25(36)21-6-3-12-30-33-21/h2-6,12,14,17,19H,7-11,13,15-16H2,1H3,(H,31,37)(H,32,36)/t19-/m0/s1. The lowest BCUT2D eigenvalue weighted by atomic mass is 9.96. The van der Waals surface area contributed by atoms with Crippen molar-refractivity contribution in [2.24, 2.45) is 5.92 Å². The van der Waals surface area contributed by atoms with Gasteiger partial charge in [0.2, 0.25) is 0 Å². The number of anilines is 1. The van der Waals surface area contributed by atoms with Gasteiger partial charge in [-0.05, 0) is 55.0 Å². The van der Waals surface area contributed by atoms with Gasteiger partial charge in [-0.15, -0.1) is 5.10 Å². The second kappa shape index (κ2) is 10.8. The normalized spacial score (nSPS) is 17.0. The number of hydrogen-bond acceptors (Lipinski definition) is 6. The van der Waals surface area contributed by atoms with E-state index in [0.717, 1.165) is 18.9 Å². The highest BCUT2D eigenvalue weighted by Gasteiger charge is 2.33. The Morgan fingerprint density at radius 3 is 2.82 bits per heavy atom. The van der Waals surface area contributed by atoms with E-state index >= 15 is 0 Å². The van der Waals surface area contributed by atoms with Gasteiger partial charge in [0.05, 0.1) is 5.69 Å². The molecular formula is C27H30F2N6O3. The number of hydrogen-bond donors (Lipinski definition) is 2.